The van der Waals surface area contributed by atoms with Crippen LogP contribution < -0.4 is 5.32 Å². The molecule has 0 aromatic heterocycles. The number of hydrogen-bond donors (Lipinski definition) is 1. The van der Waals surface area contributed by atoms with Crippen LogP contribution in [0.25, 0.3) is 0 Å². The van der Waals surface area contributed by atoms with Gasteiger partial charge in [0.15, 0.2) is 0 Å². The van der Waals surface area contributed by atoms with Gasteiger partial charge in [-0.25, -0.2) is 0 Å². The van der Waals surface area contributed by atoms with E-state index in [1.165, 1.54) is 22.6 Å². The van der Waals surface area contributed by atoms with Crippen molar-refractivity contribution in [2.75, 3.05) is 11.1 Å². The standard InChI is InChI=1S/C13H15NOS/c15-13(9-3-4-9)14-11-5-6-12-10(8-11)2-1-7-16-12/h5-6,8-9H,1-4,7H2,(H,14,15). The maximum absolute atomic E-state index is 11.6. The van der Waals surface area contributed by atoms with E-state index in [4.69, 9.17) is 0 Å². The fraction of sp³-hybridized carbons (Fsp3) is 0.462. The van der Waals surface area contributed by atoms with E-state index in [-0.39, 0.29) is 11.8 Å². The highest BCUT2D eigenvalue weighted by molar-refractivity contribution is 7.99. The molecule has 1 aromatic rings. The van der Waals surface area contributed by atoms with Gasteiger partial charge in [-0.15, -0.1) is 11.8 Å². The summed E-state index contributed by atoms with van der Waals surface area (Å²) in [7, 11) is 0. The number of nitrogens with one attached hydrogen (secondary N) is 1. The molecule has 2 aliphatic rings. The highest BCUT2D eigenvalue weighted by Gasteiger charge is 2.29. The van der Waals surface area contributed by atoms with Crippen molar-refractivity contribution in [1.29, 1.82) is 0 Å². The monoisotopic (exact) mass is 233 g/mol. The Balaban J connectivity index is 1.77. The number of aryl methyl sites for hydroxylation is 1. The van der Waals surface area contributed by atoms with Crippen LogP contribution in [0.5, 0.6) is 0 Å². The minimum absolute atomic E-state index is 0.198. The van der Waals surface area contributed by atoms with Gasteiger partial charge in [0, 0.05) is 16.5 Å². The van der Waals surface area contributed by atoms with Crippen LogP contribution in [-0.4, -0.2) is 11.7 Å². The molecule has 1 amide bonds. The Morgan fingerprint density at radius 1 is 1.38 bits per heavy atom. The van der Waals surface area contributed by atoms with Gasteiger partial charge in [-0.1, -0.05) is 0 Å². The molecule has 0 bridgehead atoms. The summed E-state index contributed by atoms with van der Waals surface area (Å²) < 4.78 is 0. The zero-order valence-corrected chi connectivity index (χ0v) is 9.98. The van der Waals surface area contributed by atoms with E-state index in [0.29, 0.717) is 0 Å². The van der Waals surface area contributed by atoms with Crippen LogP contribution in [0, 0.1) is 5.92 Å². The van der Waals surface area contributed by atoms with Crippen LogP contribution in [-0.2, 0) is 11.2 Å². The molecule has 1 N–H and O–H groups in total. The summed E-state index contributed by atoms with van der Waals surface area (Å²) in [4.78, 5) is 13.0. The summed E-state index contributed by atoms with van der Waals surface area (Å²) in [6, 6.07) is 6.31. The molecule has 1 fully saturated rings. The number of anilines is 1. The van der Waals surface area contributed by atoms with Crippen molar-refractivity contribution in [2.24, 2.45) is 5.92 Å². The molecule has 1 aliphatic heterocycles. The molecule has 2 nitrogen and oxygen atoms in total. The largest absolute Gasteiger partial charge is 0.326 e. The first-order valence-corrected chi connectivity index (χ1v) is 6.88. The van der Waals surface area contributed by atoms with Crippen molar-refractivity contribution >= 4 is 23.4 Å². The highest BCUT2D eigenvalue weighted by Crippen LogP contribution is 2.33. The number of carbonyl (C=O) groups excluding carboxylic acids is 1. The molecule has 0 saturated heterocycles. The first kappa shape index (κ1) is 10.2. The maximum atomic E-state index is 11.6. The number of thioether (sulfide) groups is 1. The minimum Gasteiger partial charge on any atom is -0.326 e. The second-order valence-electron chi connectivity index (χ2n) is 4.54. The van der Waals surface area contributed by atoms with Crippen molar-refractivity contribution in [3.05, 3.63) is 23.8 Å². The summed E-state index contributed by atoms with van der Waals surface area (Å²) in [5, 5.41) is 3.01. The Hall–Kier alpha value is -0.960. The summed E-state index contributed by atoms with van der Waals surface area (Å²) in [6.07, 6.45) is 4.52. The number of amides is 1. The first-order valence-electron chi connectivity index (χ1n) is 5.89. The molecule has 1 saturated carbocycles. The fourth-order valence-electron chi connectivity index (χ4n) is 2.03. The van der Waals surface area contributed by atoms with Crippen molar-refractivity contribution in [3.8, 4) is 0 Å². The van der Waals surface area contributed by atoms with Crippen LogP contribution in [0.1, 0.15) is 24.8 Å². The molecule has 3 rings (SSSR count). The average molecular weight is 233 g/mol. The number of rotatable bonds is 2. The van der Waals surface area contributed by atoms with E-state index >= 15 is 0 Å². The number of hydrogen-bond acceptors (Lipinski definition) is 2. The molecule has 3 heteroatoms. The van der Waals surface area contributed by atoms with Crippen LogP contribution in [0.3, 0.4) is 0 Å². The zero-order chi connectivity index (χ0) is 11.0. The predicted octanol–water partition coefficient (Wildman–Crippen LogP) is 3.07. The van der Waals surface area contributed by atoms with Crippen LogP contribution >= 0.6 is 11.8 Å². The predicted molar refractivity (Wildman–Crippen MR) is 66.8 cm³/mol. The van der Waals surface area contributed by atoms with Crippen LogP contribution in [0.4, 0.5) is 5.69 Å². The number of benzene rings is 1. The molecule has 1 heterocycles. The average Bonchev–Trinajstić information content (AvgIpc) is 3.12. The minimum atomic E-state index is 0.198. The Morgan fingerprint density at radius 3 is 3.06 bits per heavy atom. The fourth-order valence-corrected chi connectivity index (χ4v) is 3.05. The zero-order valence-electron chi connectivity index (χ0n) is 9.16. The second-order valence-corrected chi connectivity index (χ2v) is 5.67. The van der Waals surface area contributed by atoms with E-state index in [0.717, 1.165) is 24.9 Å². The Morgan fingerprint density at radius 2 is 2.25 bits per heavy atom. The summed E-state index contributed by atoms with van der Waals surface area (Å²) in [5.41, 5.74) is 2.36. The lowest BCUT2D eigenvalue weighted by Crippen LogP contribution is -2.13. The molecule has 0 unspecified atom stereocenters. The normalized spacial score (nSPS) is 19.0. The topological polar surface area (TPSA) is 29.1 Å². The summed E-state index contributed by atoms with van der Waals surface area (Å²) >= 11 is 1.92. The lowest BCUT2D eigenvalue weighted by Gasteiger charge is -2.16. The Labute approximate surface area is 99.8 Å². The van der Waals surface area contributed by atoms with Crippen molar-refractivity contribution in [1.82, 2.24) is 0 Å². The lowest BCUT2D eigenvalue weighted by molar-refractivity contribution is -0.117. The van der Waals surface area contributed by atoms with Crippen molar-refractivity contribution in [2.45, 2.75) is 30.6 Å². The molecule has 0 radical (unpaired) electrons. The maximum Gasteiger partial charge on any atom is 0.227 e. The van der Waals surface area contributed by atoms with Gasteiger partial charge in [-0.05, 0) is 55.2 Å². The SMILES string of the molecule is O=C(Nc1ccc2c(c1)CCCS2)C1CC1. The van der Waals surface area contributed by atoms with Gasteiger partial charge < -0.3 is 5.32 Å². The second kappa shape index (κ2) is 4.13. The van der Waals surface area contributed by atoms with Crippen LogP contribution in [0.15, 0.2) is 23.1 Å². The van der Waals surface area contributed by atoms with Gasteiger partial charge in [-0.3, -0.25) is 4.79 Å². The summed E-state index contributed by atoms with van der Waals surface area (Å²) in [6.45, 7) is 0. The highest BCUT2D eigenvalue weighted by atomic mass is 32.2. The third kappa shape index (κ3) is 2.09. The number of carbonyl (C=O) groups is 1. The van der Waals surface area contributed by atoms with Gasteiger partial charge >= 0.3 is 0 Å². The van der Waals surface area contributed by atoms with Crippen molar-refractivity contribution in [3.63, 3.8) is 0 Å². The molecule has 1 aliphatic carbocycles. The van der Waals surface area contributed by atoms with E-state index in [1.807, 2.05) is 17.8 Å². The first-order chi connectivity index (χ1) is 7.83. The summed E-state index contributed by atoms with van der Waals surface area (Å²) in [5.74, 6) is 1.70. The van der Waals surface area contributed by atoms with Gasteiger partial charge in [-0.2, -0.15) is 0 Å². The van der Waals surface area contributed by atoms with Gasteiger partial charge in [0.1, 0.15) is 0 Å². The molecular formula is C13H15NOS. The third-order valence-electron chi connectivity index (χ3n) is 3.12. The van der Waals surface area contributed by atoms with E-state index in [9.17, 15) is 4.79 Å². The van der Waals surface area contributed by atoms with E-state index < -0.39 is 0 Å². The molecule has 16 heavy (non-hydrogen) atoms. The molecule has 0 atom stereocenters. The molecule has 0 spiro atoms. The van der Waals surface area contributed by atoms with E-state index in [2.05, 4.69) is 17.4 Å². The smallest absolute Gasteiger partial charge is 0.227 e. The Bertz CT molecular complexity index is 426. The van der Waals surface area contributed by atoms with Gasteiger partial charge in [0.25, 0.3) is 0 Å². The van der Waals surface area contributed by atoms with E-state index in [1.54, 1.807) is 0 Å². The molecular weight excluding hydrogens is 218 g/mol. The third-order valence-corrected chi connectivity index (χ3v) is 4.33. The van der Waals surface area contributed by atoms with Gasteiger partial charge in [0.2, 0.25) is 5.91 Å². The van der Waals surface area contributed by atoms with Crippen molar-refractivity contribution < 1.29 is 4.79 Å². The number of fused-ring (bicyclic) bond motifs is 1. The quantitative estimate of drug-likeness (QED) is 0.850. The Kier molecular flexibility index (Phi) is 2.64. The molecule has 84 valence electrons. The lowest BCUT2D eigenvalue weighted by atomic mass is 10.1. The van der Waals surface area contributed by atoms with Crippen LogP contribution in [0.2, 0.25) is 0 Å². The molecule has 1 aromatic carbocycles. The van der Waals surface area contributed by atoms with Gasteiger partial charge in [0.05, 0.1) is 0 Å².